The zero-order chi connectivity index (χ0) is 13.7. The molecule has 1 aliphatic heterocycles. The summed E-state index contributed by atoms with van der Waals surface area (Å²) in [5, 5.41) is 3.03. The van der Waals surface area contributed by atoms with E-state index in [1.807, 2.05) is 31.3 Å². The maximum atomic E-state index is 11.7. The van der Waals surface area contributed by atoms with Crippen LogP contribution in [0.1, 0.15) is 26.2 Å². The molecule has 1 aromatic heterocycles. The smallest absolute Gasteiger partial charge is 0.237 e. The molecule has 1 unspecified atom stereocenters. The van der Waals surface area contributed by atoms with Gasteiger partial charge in [0.2, 0.25) is 5.91 Å². The Hall–Kier alpha value is -1.62. The van der Waals surface area contributed by atoms with Crippen molar-refractivity contribution in [1.82, 2.24) is 10.3 Å². The van der Waals surface area contributed by atoms with Gasteiger partial charge in [-0.05, 0) is 31.4 Å². The highest BCUT2D eigenvalue weighted by molar-refractivity contribution is 5.81. The van der Waals surface area contributed by atoms with Crippen molar-refractivity contribution in [3.05, 3.63) is 24.4 Å². The number of hydrogen-bond donors (Lipinski definition) is 2. The average molecular weight is 262 g/mol. The Balaban J connectivity index is 1.81. The van der Waals surface area contributed by atoms with Crippen molar-refractivity contribution in [2.24, 2.45) is 5.73 Å². The molecule has 0 aromatic carbocycles. The van der Waals surface area contributed by atoms with E-state index in [0.29, 0.717) is 6.42 Å². The van der Waals surface area contributed by atoms with Gasteiger partial charge < -0.3 is 16.0 Å². The van der Waals surface area contributed by atoms with Crippen molar-refractivity contribution in [3.63, 3.8) is 0 Å². The van der Waals surface area contributed by atoms with Crippen LogP contribution in [0.2, 0.25) is 0 Å². The van der Waals surface area contributed by atoms with E-state index < -0.39 is 0 Å². The van der Waals surface area contributed by atoms with Crippen LogP contribution in [-0.4, -0.2) is 36.1 Å². The number of aromatic nitrogens is 1. The summed E-state index contributed by atoms with van der Waals surface area (Å²) < 4.78 is 0. The van der Waals surface area contributed by atoms with Gasteiger partial charge in [0.25, 0.3) is 0 Å². The zero-order valence-corrected chi connectivity index (χ0v) is 11.4. The highest BCUT2D eigenvalue weighted by Crippen LogP contribution is 2.17. The summed E-state index contributed by atoms with van der Waals surface area (Å²) in [6, 6.07) is 5.80. The quantitative estimate of drug-likeness (QED) is 0.846. The number of hydrogen-bond acceptors (Lipinski definition) is 4. The molecule has 3 N–H and O–H groups in total. The van der Waals surface area contributed by atoms with Crippen LogP contribution in [0.15, 0.2) is 24.4 Å². The summed E-state index contributed by atoms with van der Waals surface area (Å²) >= 11 is 0. The second kappa shape index (κ2) is 6.52. The van der Waals surface area contributed by atoms with Crippen molar-refractivity contribution < 1.29 is 4.79 Å². The Morgan fingerprint density at radius 3 is 2.84 bits per heavy atom. The molecule has 1 atom stereocenters. The molecular formula is C14H22N4O. The summed E-state index contributed by atoms with van der Waals surface area (Å²) in [4.78, 5) is 18.3. The van der Waals surface area contributed by atoms with Crippen LogP contribution in [-0.2, 0) is 4.79 Å². The van der Waals surface area contributed by atoms with E-state index in [9.17, 15) is 4.79 Å². The normalized spacial score (nSPS) is 18.1. The Bertz CT molecular complexity index is 401. The number of rotatable bonds is 4. The fourth-order valence-corrected chi connectivity index (χ4v) is 2.29. The lowest BCUT2D eigenvalue weighted by atomic mass is 10.0. The molecule has 1 fully saturated rings. The predicted octanol–water partition coefficient (Wildman–Crippen LogP) is 0.904. The van der Waals surface area contributed by atoms with E-state index in [0.717, 1.165) is 31.7 Å². The minimum Gasteiger partial charge on any atom is -0.356 e. The molecule has 104 valence electrons. The molecule has 5 nitrogen and oxygen atoms in total. The van der Waals surface area contributed by atoms with Crippen molar-refractivity contribution in [2.75, 3.05) is 18.0 Å². The highest BCUT2D eigenvalue weighted by Gasteiger charge is 2.22. The SMILES string of the molecule is CCC(N)C(=O)NC1CCN(c2ccccn2)CC1. The fourth-order valence-electron chi connectivity index (χ4n) is 2.29. The maximum absolute atomic E-state index is 11.7. The second-order valence-electron chi connectivity index (χ2n) is 4.97. The topological polar surface area (TPSA) is 71.2 Å². The van der Waals surface area contributed by atoms with Crippen LogP contribution in [0.5, 0.6) is 0 Å². The largest absolute Gasteiger partial charge is 0.356 e. The third-order valence-electron chi connectivity index (χ3n) is 3.59. The van der Waals surface area contributed by atoms with Gasteiger partial charge in [0.15, 0.2) is 0 Å². The summed E-state index contributed by atoms with van der Waals surface area (Å²) in [5.41, 5.74) is 5.72. The van der Waals surface area contributed by atoms with Crippen molar-refractivity contribution in [3.8, 4) is 0 Å². The summed E-state index contributed by atoms with van der Waals surface area (Å²) in [6.45, 7) is 3.76. The minimum atomic E-state index is -0.381. The molecule has 2 heterocycles. The molecule has 2 rings (SSSR count). The third-order valence-corrected chi connectivity index (χ3v) is 3.59. The molecule has 1 amide bonds. The van der Waals surface area contributed by atoms with Gasteiger partial charge in [-0.25, -0.2) is 4.98 Å². The van der Waals surface area contributed by atoms with Crippen LogP contribution < -0.4 is 16.0 Å². The number of nitrogens with one attached hydrogen (secondary N) is 1. The van der Waals surface area contributed by atoms with E-state index in [4.69, 9.17) is 5.73 Å². The lowest BCUT2D eigenvalue weighted by Gasteiger charge is -2.33. The number of nitrogens with zero attached hydrogens (tertiary/aromatic N) is 2. The maximum Gasteiger partial charge on any atom is 0.237 e. The number of nitrogens with two attached hydrogens (primary N) is 1. The van der Waals surface area contributed by atoms with Gasteiger partial charge in [0.1, 0.15) is 5.82 Å². The van der Waals surface area contributed by atoms with Crippen LogP contribution in [0.4, 0.5) is 5.82 Å². The zero-order valence-electron chi connectivity index (χ0n) is 11.4. The molecule has 5 heteroatoms. The fraction of sp³-hybridized carbons (Fsp3) is 0.571. The molecule has 0 bridgehead atoms. The van der Waals surface area contributed by atoms with Gasteiger partial charge in [-0.15, -0.1) is 0 Å². The number of amides is 1. The van der Waals surface area contributed by atoms with Crippen molar-refractivity contribution >= 4 is 11.7 Å². The van der Waals surface area contributed by atoms with E-state index in [2.05, 4.69) is 15.2 Å². The highest BCUT2D eigenvalue weighted by atomic mass is 16.2. The molecule has 0 saturated carbocycles. The van der Waals surface area contributed by atoms with Gasteiger partial charge >= 0.3 is 0 Å². The number of pyridine rings is 1. The van der Waals surface area contributed by atoms with E-state index >= 15 is 0 Å². The Labute approximate surface area is 114 Å². The van der Waals surface area contributed by atoms with Gasteiger partial charge in [0.05, 0.1) is 6.04 Å². The Morgan fingerprint density at radius 1 is 1.53 bits per heavy atom. The van der Waals surface area contributed by atoms with Gasteiger partial charge in [-0.2, -0.15) is 0 Å². The lowest BCUT2D eigenvalue weighted by molar-refractivity contribution is -0.123. The number of carbonyl (C=O) groups excluding carboxylic acids is 1. The number of anilines is 1. The third kappa shape index (κ3) is 3.67. The van der Waals surface area contributed by atoms with Crippen molar-refractivity contribution in [1.29, 1.82) is 0 Å². The average Bonchev–Trinajstić information content (AvgIpc) is 2.48. The van der Waals surface area contributed by atoms with Crippen LogP contribution >= 0.6 is 0 Å². The molecule has 0 aliphatic carbocycles. The number of piperidine rings is 1. The van der Waals surface area contributed by atoms with Crippen LogP contribution in [0, 0.1) is 0 Å². The molecule has 1 aliphatic rings. The molecule has 0 spiro atoms. The van der Waals surface area contributed by atoms with Crippen LogP contribution in [0.25, 0.3) is 0 Å². The van der Waals surface area contributed by atoms with Crippen LogP contribution in [0.3, 0.4) is 0 Å². The Morgan fingerprint density at radius 2 is 2.26 bits per heavy atom. The van der Waals surface area contributed by atoms with E-state index in [1.54, 1.807) is 0 Å². The molecule has 1 saturated heterocycles. The van der Waals surface area contributed by atoms with E-state index in [-0.39, 0.29) is 18.0 Å². The monoisotopic (exact) mass is 262 g/mol. The lowest BCUT2D eigenvalue weighted by Crippen LogP contribution is -2.49. The first kappa shape index (κ1) is 13.8. The summed E-state index contributed by atoms with van der Waals surface area (Å²) in [6.07, 6.45) is 4.37. The molecule has 0 radical (unpaired) electrons. The first-order chi connectivity index (χ1) is 9.20. The van der Waals surface area contributed by atoms with Gasteiger partial charge in [-0.1, -0.05) is 13.0 Å². The molecular weight excluding hydrogens is 240 g/mol. The van der Waals surface area contributed by atoms with Crippen molar-refractivity contribution in [2.45, 2.75) is 38.3 Å². The Kier molecular flexibility index (Phi) is 4.74. The first-order valence-corrected chi connectivity index (χ1v) is 6.92. The number of carbonyl (C=O) groups is 1. The first-order valence-electron chi connectivity index (χ1n) is 6.92. The summed E-state index contributed by atoms with van der Waals surface area (Å²) in [5.74, 6) is 0.983. The minimum absolute atomic E-state index is 0.0289. The van der Waals surface area contributed by atoms with Gasteiger partial charge in [0, 0.05) is 25.3 Å². The predicted molar refractivity (Wildman–Crippen MR) is 75.9 cm³/mol. The summed E-state index contributed by atoms with van der Waals surface area (Å²) in [7, 11) is 0. The molecule has 1 aromatic rings. The van der Waals surface area contributed by atoms with Gasteiger partial charge in [-0.3, -0.25) is 4.79 Å². The molecule has 19 heavy (non-hydrogen) atoms. The second-order valence-corrected chi connectivity index (χ2v) is 4.97. The van der Waals surface area contributed by atoms with E-state index in [1.165, 1.54) is 0 Å². The standard InChI is InChI=1S/C14H22N4O/c1-2-12(15)14(19)17-11-6-9-18(10-7-11)13-5-3-4-8-16-13/h3-5,8,11-12H,2,6-7,9-10,15H2,1H3,(H,17,19).